The number of benzene rings is 1. The summed E-state index contributed by atoms with van der Waals surface area (Å²) in [5.41, 5.74) is 4.78. The Kier molecular flexibility index (Phi) is 5.12. The lowest BCUT2D eigenvalue weighted by Crippen LogP contribution is -2.32. The first-order valence-corrected chi connectivity index (χ1v) is 9.55. The van der Waals surface area contributed by atoms with E-state index in [0.29, 0.717) is 6.04 Å². The lowest BCUT2D eigenvalue weighted by molar-refractivity contribution is 0.175. The molecule has 1 saturated heterocycles. The van der Waals surface area contributed by atoms with Gasteiger partial charge in [-0.25, -0.2) is 4.98 Å². The Hall–Kier alpha value is -2.46. The highest BCUT2D eigenvalue weighted by atomic mass is 15.2. The molecule has 0 amide bonds. The van der Waals surface area contributed by atoms with Gasteiger partial charge in [0.25, 0.3) is 0 Å². The molecule has 1 atom stereocenters. The first-order chi connectivity index (χ1) is 12.8. The molecule has 3 heterocycles. The average molecular weight is 346 g/mol. The standard InChI is InChI=1S/C22H26N4/c1-18(26-12-3-2-4-13-26)20-6-8-21(9-7-20)22-10-5-19(15-24-22)16-25-14-11-23-17-25/h5-11,14-15,17-18H,2-4,12-13,16H2,1H3/t18-/m1/s1. The molecule has 26 heavy (non-hydrogen) atoms. The third-order valence-corrected chi connectivity index (χ3v) is 5.38. The van der Waals surface area contributed by atoms with Crippen molar-refractivity contribution in [2.24, 2.45) is 0 Å². The van der Waals surface area contributed by atoms with Gasteiger partial charge in [-0.1, -0.05) is 36.8 Å². The maximum Gasteiger partial charge on any atom is 0.0949 e. The van der Waals surface area contributed by atoms with Gasteiger partial charge in [0.1, 0.15) is 0 Å². The summed E-state index contributed by atoms with van der Waals surface area (Å²) in [6.45, 7) is 5.58. The van der Waals surface area contributed by atoms with E-state index in [1.54, 1.807) is 6.20 Å². The highest BCUT2D eigenvalue weighted by Gasteiger charge is 2.18. The molecule has 1 aliphatic heterocycles. The summed E-state index contributed by atoms with van der Waals surface area (Å²) in [5.74, 6) is 0. The highest BCUT2D eigenvalue weighted by Crippen LogP contribution is 2.26. The third-order valence-electron chi connectivity index (χ3n) is 5.38. The molecule has 0 saturated carbocycles. The van der Waals surface area contributed by atoms with E-state index in [0.717, 1.165) is 12.2 Å². The van der Waals surface area contributed by atoms with Crippen molar-refractivity contribution in [3.63, 3.8) is 0 Å². The largest absolute Gasteiger partial charge is 0.333 e. The van der Waals surface area contributed by atoms with E-state index < -0.39 is 0 Å². The molecule has 1 aliphatic rings. The number of hydrogen-bond acceptors (Lipinski definition) is 3. The molecular formula is C22H26N4. The molecule has 0 N–H and O–H groups in total. The number of pyridine rings is 1. The third kappa shape index (κ3) is 3.86. The Bertz CT molecular complexity index is 800. The van der Waals surface area contributed by atoms with Crippen molar-refractivity contribution in [1.82, 2.24) is 19.4 Å². The van der Waals surface area contributed by atoms with E-state index >= 15 is 0 Å². The van der Waals surface area contributed by atoms with Crippen LogP contribution in [0.25, 0.3) is 11.3 Å². The van der Waals surface area contributed by atoms with Crippen molar-refractivity contribution < 1.29 is 0 Å². The maximum atomic E-state index is 4.65. The SMILES string of the molecule is C[C@H](c1ccc(-c2ccc(Cn3ccnc3)cn2)cc1)N1CCCCC1. The first-order valence-electron chi connectivity index (χ1n) is 9.55. The zero-order valence-electron chi connectivity index (χ0n) is 15.4. The van der Waals surface area contributed by atoms with E-state index in [9.17, 15) is 0 Å². The number of imidazole rings is 1. The summed E-state index contributed by atoms with van der Waals surface area (Å²) in [6.07, 6.45) is 11.6. The molecule has 4 nitrogen and oxygen atoms in total. The molecule has 1 fully saturated rings. The number of hydrogen-bond donors (Lipinski definition) is 0. The topological polar surface area (TPSA) is 34.0 Å². The van der Waals surface area contributed by atoms with Crippen LogP contribution in [0.15, 0.2) is 61.3 Å². The summed E-state index contributed by atoms with van der Waals surface area (Å²) in [4.78, 5) is 11.3. The van der Waals surface area contributed by atoms with E-state index in [1.807, 2.05) is 23.3 Å². The fraction of sp³-hybridized carbons (Fsp3) is 0.364. The van der Waals surface area contributed by atoms with Gasteiger partial charge in [0, 0.05) is 36.7 Å². The molecule has 0 aliphatic carbocycles. The minimum Gasteiger partial charge on any atom is -0.333 e. The summed E-state index contributed by atoms with van der Waals surface area (Å²) < 4.78 is 2.05. The van der Waals surface area contributed by atoms with Crippen molar-refractivity contribution in [3.05, 3.63) is 72.4 Å². The number of piperidine rings is 1. The Balaban J connectivity index is 1.44. The van der Waals surface area contributed by atoms with Crippen molar-refractivity contribution in [1.29, 1.82) is 0 Å². The zero-order valence-corrected chi connectivity index (χ0v) is 15.4. The molecule has 0 unspecified atom stereocenters. The monoisotopic (exact) mass is 346 g/mol. The van der Waals surface area contributed by atoms with Crippen molar-refractivity contribution in [2.75, 3.05) is 13.1 Å². The van der Waals surface area contributed by atoms with Gasteiger partial charge in [0.05, 0.1) is 12.0 Å². The van der Waals surface area contributed by atoms with Gasteiger partial charge in [0.2, 0.25) is 0 Å². The fourth-order valence-corrected chi connectivity index (χ4v) is 3.73. The van der Waals surface area contributed by atoms with E-state index in [1.165, 1.54) is 49.0 Å². The predicted octanol–water partition coefficient (Wildman–Crippen LogP) is 4.54. The second-order valence-corrected chi connectivity index (χ2v) is 7.18. The Morgan fingerprint density at radius 3 is 2.46 bits per heavy atom. The number of likely N-dealkylation sites (tertiary alicyclic amines) is 1. The van der Waals surface area contributed by atoms with Crippen LogP contribution in [0.4, 0.5) is 0 Å². The lowest BCUT2D eigenvalue weighted by atomic mass is 10.0. The van der Waals surface area contributed by atoms with E-state index in [-0.39, 0.29) is 0 Å². The minimum absolute atomic E-state index is 0.495. The summed E-state index contributed by atoms with van der Waals surface area (Å²) in [5, 5.41) is 0. The zero-order chi connectivity index (χ0) is 17.8. The van der Waals surface area contributed by atoms with Crippen molar-refractivity contribution in [3.8, 4) is 11.3 Å². The predicted molar refractivity (Wildman–Crippen MR) is 105 cm³/mol. The van der Waals surface area contributed by atoms with Crippen molar-refractivity contribution in [2.45, 2.75) is 38.8 Å². The molecule has 134 valence electrons. The molecule has 4 heteroatoms. The number of aromatic nitrogens is 3. The van der Waals surface area contributed by atoms with Crippen LogP contribution in [0.5, 0.6) is 0 Å². The minimum atomic E-state index is 0.495. The van der Waals surface area contributed by atoms with Crippen molar-refractivity contribution >= 4 is 0 Å². The Morgan fingerprint density at radius 1 is 1.00 bits per heavy atom. The summed E-state index contributed by atoms with van der Waals surface area (Å²) >= 11 is 0. The summed E-state index contributed by atoms with van der Waals surface area (Å²) in [6, 6.07) is 13.7. The molecule has 0 spiro atoms. The van der Waals surface area contributed by atoms with Crippen LogP contribution in [-0.4, -0.2) is 32.5 Å². The molecule has 2 aromatic heterocycles. The molecule has 4 rings (SSSR count). The van der Waals surface area contributed by atoms with Crippen LogP contribution in [0.2, 0.25) is 0 Å². The molecule has 0 radical (unpaired) electrons. The number of rotatable bonds is 5. The van der Waals surface area contributed by atoms with Gasteiger partial charge >= 0.3 is 0 Å². The van der Waals surface area contributed by atoms with Crippen LogP contribution in [-0.2, 0) is 6.54 Å². The van der Waals surface area contributed by atoms with Crippen LogP contribution < -0.4 is 0 Å². The lowest BCUT2D eigenvalue weighted by Gasteiger charge is -2.32. The first kappa shape index (κ1) is 17.0. The number of nitrogens with zero attached hydrogens (tertiary/aromatic N) is 4. The van der Waals surface area contributed by atoms with Gasteiger partial charge in [-0.05, 0) is 50.0 Å². The van der Waals surface area contributed by atoms with Crippen LogP contribution in [0.3, 0.4) is 0 Å². The molecular weight excluding hydrogens is 320 g/mol. The molecule has 1 aromatic carbocycles. The van der Waals surface area contributed by atoms with Gasteiger partial charge in [-0.15, -0.1) is 0 Å². The fourth-order valence-electron chi connectivity index (χ4n) is 3.73. The Labute approximate surface area is 155 Å². The quantitative estimate of drug-likeness (QED) is 0.680. The average Bonchev–Trinajstić information content (AvgIpc) is 3.22. The summed E-state index contributed by atoms with van der Waals surface area (Å²) in [7, 11) is 0. The smallest absolute Gasteiger partial charge is 0.0949 e. The Morgan fingerprint density at radius 2 is 1.81 bits per heavy atom. The van der Waals surface area contributed by atoms with E-state index in [4.69, 9.17) is 0 Å². The van der Waals surface area contributed by atoms with Gasteiger partial charge < -0.3 is 4.57 Å². The van der Waals surface area contributed by atoms with E-state index in [2.05, 4.69) is 58.2 Å². The van der Waals surface area contributed by atoms with Crippen LogP contribution in [0, 0.1) is 0 Å². The van der Waals surface area contributed by atoms with Gasteiger partial charge in [0.15, 0.2) is 0 Å². The second-order valence-electron chi connectivity index (χ2n) is 7.18. The van der Waals surface area contributed by atoms with Crippen LogP contribution >= 0.6 is 0 Å². The highest BCUT2D eigenvalue weighted by molar-refractivity contribution is 5.59. The van der Waals surface area contributed by atoms with Gasteiger partial charge in [-0.3, -0.25) is 9.88 Å². The maximum absolute atomic E-state index is 4.65. The second kappa shape index (κ2) is 7.83. The van der Waals surface area contributed by atoms with Gasteiger partial charge in [-0.2, -0.15) is 0 Å². The van der Waals surface area contributed by atoms with Crippen LogP contribution in [0.1, 0.15) is 43.4 Å². The molecule has 3 aromatic rings. The normalized spacial score (nSPS) is 16.5. The molecule has 0 bridgehead atoms.